The number of ether oxygens (including phenoxy) is 1. The Morgan fingerprint density at radius 3 is 2.44 bits per heavy atom. The average molecular weight is 250 g/mol. The van der Waals surface area contributed by atoms with Gasteiger partial charge in [0.2, 0.25) is 0 Å². The molecule has 0 saturated carbocycles. The molecule has 0 amide bonds. The summed E-state index contributed by atoms with van der Waals surface area (Å²) in [6, 6.07) is -0.0864. The van der Waals surface area contributed by atoms with E-state index in [1.807, 2.05) is 0 Å². The summed E-state index contributed by atoms with van der Waals surface area (Å²) < 4.78 is 5.00. The Morgan fingerprint density at radius 2 is 2.00 bits per heavy atom. The first-order chi connectivity index (χ1) is 7.69. The Hall–Kier alpha value is 0.190. The Labute approximate surface area is 104 Å². The number of aliphatic hydroxyl groups excluding tert-OH is 1. The lowest BCUT2D eigenvalue weighted by molar-refractivity contribution is 0.167. The van der Waals surface area contributed by atoms with E-state index in [2.05, 4.69) is 18.7 Å². The molecule has 5 heteroatoms. The highest BCUT2D eigenvalue weighted by atomic mass is 32.2. The third-order valence-electron chi connectivity index (χ3n) is 2.65. The molecule has 0 aromatic carbocycles. The van der Waals surface area contributed by atoms with Gasteiger partial charge in [-0.05, 0) is 13.1 Å². The molecule has 0 rings (SSSR count). The van der Waals surface area contributed by atoms with Crippen molar-refractivity contribution in [1.82, 2.24) is 4.90 Å². The molecule has 4 nitrogen and oxygen atoms in total. The average Bonchev–Trinajstić information content (AvgIpc) is 2.30. The van der Waals surface area contributed by atoms with Crippen LogP contribution in [0.15, 0.2) is 0 Å². The molecule has 0 saturated heterocycles. The molecule has 0 aromatic heterocycles. The van der Waals surface area contributed by atoms with Crippen molar-refractivity contribution in [2.45, 2.75) is 25.1 Å². The maximum Gasteiger partial charge on any atom is 0.0625 e. The molecule has 0 fully saturated rings. The summed E-state index contributed by atoms with van der Waals surface area (Å²) in [6.45, 7) is 8.14. The van der Waals surface area contributed by atoms with E-state index < -0.39 is 0 Å². The van der Waals surface area contributed by atoms with Crippen LogP contribution < -0.4 is 5.73 Å². The maximum atomic E-state index is 9.23. The van der Waals surface area contributed by atoms with Crippen molar-refractivity contribution < 1.29 is 9.84 Å². The predicted octanol–water partition coefficient (Wildman–Crippen LogP) is 0.396. The molecule has 0 spiro atoms. The third kappa shape index (κ3) is 6.70. The van der Waals surface area contributed by atoms with Crippen molar-refractivity contribution in [3.63, 3.8) is 0 Å². The van der Waals surface area contributed by atoms with E-state index in [9.17, 15) is 5.11 Å². The quantitative estimate of drug-likeness (QED) is 0.587. The van der Waals surface area contributed by atoms with Crippen LogP contribution in [0.1, 0.15) is 13.8 Å². The summed E-state index contributed by atoms with van der Waals surface area (Å²) >= 11 is 1.73. The second-order valence-electron chi connectivity index (χ2n) is 3.74. The van der Waals surface area contributed by atoms with Crippen molar-refractivity contribution in [3.05, 3.63) is 0 Å². The standard InChI is InChI=1S/C11H26N2O2S/c1-4-13(5-2)6-7-16-11(8-14)10(12)9-15-3/h10-11,14H,4-9,12H2,1-3H3. The minimum Gasteiger partial charge on any atom is -0.395 e. The van der Waals surface area contributed by atoms with E-state index in [1.165, 1.54) is 0 Å². The van der Waals surface area contributed by atoms with Crippen LogP contribution in [0.4, 0.5) is 0 Å². The lowest BCUT2D eigenvalue weighted by Crippen LogP contribution is -2.39. The van der Waals surface area contributed by atoms with Gasteiger partial charge in [0, 0.05) is 30.7 Å². The van der Waals surface area contributed by atoms with E-state index in [0.717, 1.165) is 25.4 Å². The van der Waals surface area contributed by atoms with Gasteiger partial charge in [-0.25, -0.2) is 0 Å². The number of nitrogens with two attached hydrogens (primary N) is 1. The van der Waals surface area contributed by atoms with Crippen molar-refractivity contribution in [2.24, 2.45) is 5.73 Å². The first kappa shape index (κ1) is 16.2. The van der Waals surface area contributed by atoms with Gasteiger partial charge in [-0.2, -0.15) is 11.8 Å². The predicted molar refractivity (Wildman–Crippen MR) is 71.0 cm³/mol. The maximum absolute atomic E-state index is 9.23. The van der Waals surface area contributed by atoms with Gasteiger partial charge in [-0.15, -0.1) is 0 Å². The van der Waals surface area contributed by atoms with Crippen LogP contribution in [-0.2, 0) is 4.74 Å². The van der Waals surface area contributed by atoms with E-state index in [1.54, 1.807) is 18.9 Å². The fourth-order valence-corrected chi connectivity index (χ4v) is 2.58. The second kappa shape index (κ2) is 10.4. The molecular formula is C11H26N2O2S. The zero-order valence-corrected chi connectivity index (χ0v) is 11.5. The van der Waals surface area contributed by atoms with E-state index in [0.29, 0.717) is 6.61 Å². The topological polar surface area (TPSA) is 58.7 Å². The van der Waals surface area contributed by atoms with Crippen molar-refractivity contribution in [3.8, 4) is 0 Å². The summed E-state index contributed by atoms with van der Waals surface area (Å²) in [5.74, 6) is 1.00. The molecule has 0 aliphatic rings. The monoisotopic (exact) mass is 250 g/mol. The molecule has 2 atom stereocenters. The molecule has 0 bridgehead atoms. The molecule has 0 aliphatic carbocycles. The van der Waals surface area contributed by atoms with Gasteiger partial charge in [-0.3, -0.25) is 0 Å². The molecule has 0 heterocycles. The zero-order chi connectivity index (χ0) is 12.4. The lowest BCUT2D eigenvalue weighted by atomic mass is 10.2. The number of hydrogen-bond donors (Lipinski definition) is 2. The van der Waals surface area contributed by atoms with Crippen LogP contribution in [0, 0.1) is 0 Å². The molecule has 0 aromatic rings. The Balaban J connectivity index is 3.77. The summed E-state index contributed by atoms with van der Waals surface area (Å²) in [5.41, 5.74) is 5.90. The summed E-state index contributed by atoms with van der Waals surface area (Å²) in [5, 5.41) is 9.31. The molecular weight excluding hydrogens is 224 g/mol. The number of rotatable bonds is 10. The molecule has 0 aliphatic heterocycles. The summed E-state index contributed by atoms with van der Waals surface area (Å²) in [7, 11) is 1.63. The smallest absolute Gasteiger partial charge is 0.0625 e. The molecule has 0 radical (unpaired) electrons. The minimum atomic E-state index is -0.0864. The Morgan fingerprint density at radius 1 is 1.38 bits per heavy atom. The Kier molecular flexibility index (Phi) is 10.5. The first-order valence-corrected chi connectivity index (χ1v) is 6.93. The van der Waals surface area contributed by atoms with Crippen molar-refractivity contribution >= 4 is 11.8 Å². The first-order valence-electron chi connectivity index (χ1n) is 5.88. The number of hydrogen-bond acceptors (Lipinski definition) is 5. The van der Waals surface area contributed by atoms with Gasteiger partial charge in [0.1, 0.15) is 0 Å². The highest BCUT2D eigenvalue weighted by Gasteiger charge is 2.17. The second-order valence-corrected chi connectivity index (χ2v) is 5.08. The van der Waals surface area contributed by atoms with E-state index in [4.69, 9.17) is 10.5 Å². The van der Waals surface area contributed by atoms with Crippen LogP contribution in [-0.4, -0.2) is 67.0 Å². The van der Waals surface area contributed by atoms with Gasteiger partial charge in [0.05, 0.1) is 13.2 Å². The number of methoxy groups -OCH3 is 1. The normalized spacial score (nSPS) is 15.4. The highest BCUT2D eigenvalue weighted by Crippen LogP contribution is 2.13. The number of thioether (sulfide) groups is 1. The van der Waals surface area contributed by atoms with Crippen LogP contribution >= 0.6 is 11.8 Å². The molecule has 98 valence electrons. The van der Waals surface area contributed by atoms with E-state index in [-0.39, 0.29) is 17.9 Å². The van der Waals surface area contributed by atoms with Crippen LogP contribution in [0.5, 0.6) is 0 Å². The van der Waals surface area contributed by atoms with Gasteiger partial charge >= 0.3 is 0 Å². The van der Waals surface area contributed by atoms with Crippen molar-refractivity contribution in [1.29, 1.82) is 0 Å². The van der Waals surface area contributed by atoms with Gasteiger partial charge in [0.25, 0.3) is 0 Å². The van der Waals surface area contributed by atoms with Crippen molar-refractivity contribution in [2.75, 3.05) is 45.7 Å². The van der Waals surface area contributed by atoms with Gasteiger partial charge < -0.3 is 20.5 Å². The fraction of sp³-hybridized carbons (Fsp3) is 1.00. The van der Waals surface area contributed by atoms with Gasteiger partial charge in [0.15, 0.2) is 0 Å². The largest absolute Gasteiger partial charge is 0.395 e. The molecule has 16 heavy (non-hydrogen) atoms. The van der Waals surface area contributed by atoms with Crippen LogP contribution in [0.25, 0.3) is 0 Å². The zero-order valence-electron chi connectivity index (χ0n) is 10.7. The summed E-state index contributed by atoms with van der Waals surface area (Å²) in [6.07, 6.45) is 0. The van der Waals surface area contributed by atoms with Crippen LogP contribution in [0.3, 0.4) is 0 Å². The third-order valence-corrected chi connectivity index (χ3v) is 4.00. The minimum absolute atomic E-state index is 0.0792. The molecule has 3 N–H and O–H groups in total. The molecule has 2 unspecified atom stereocenters. The lowest BCUT2D eigenvalue weighted by Gasteiger charge is -2.23. The fourth-order valence-electron chi connectivity index (χ4n) is 1.48. The van der Waals surface area contributed by atoms with Crippen LogP contribution in [0.2, 0.25) is 0 Å². The number of nitrogens with zero attached hydrogens (tertiary/aromatic N) is 1. The SMILES string of the molecule is CCN(CC)CCSC(CO)C(N)COC. The number of aliphatic hydroxyl groups is 1. The summed E-state index contributed by atoms with van der Waals surface area (Å²) in [4.78, 5) is 2.36. The van der Waals surface area contributed by atoms with E-state index >= 15 is 0 Å². The Bertz CT molecular complexity index is 157. The van der Waals surface area contributed by atoms with Gasteiger partial charge in [-0.1, -0.05) is 13.8 Å². The highest BCUT2D eigenvalue weighted by molar-refractivity contribution is 8.00.